The van der Waals surface area contributed by atoms with E-state index >= 15 is 0 Å². The van der Waals surface area contributed by atoms with Crippen molar-refractivity contribution in [2.75, 3.05) is 20.1 Å². The zero-order valence-corrected chi connectivity index (χ0v) is 13.4. The summed E-state index contributed by atoms with van der Waals surface area (Å²) in [5.41, 5.74) is 0.279. The van der Waals surface area contributed by atoms with Gasteiger partial charge in [-0.05, 0) is 30.7 Å². The van der Waals surface area contributed by atoms with Crippen LogP contribution in [0.2, 0.25) is 0 Å². The summed E-state index contributed by atoms with van der Waals surface area (Å²) in [5.74, 6) is -0.715. The van der Waals surface area contributed by atoms with E-state index in [4.69, 9.17) is 0 Å². The van der Waals surface area contributed by atoms with E-state index in [1.165, 1.54) is 34.1 Å². The lowest BCUT2D eigenvalue weighted by Crippen LogP contribution is -2.55. The van der Waals surface area contributed by atoms with Gasteiger partial charge in [-0.1, -0.05) is 0 Å². The van der Waals surface area contributed by atoms with Crippen LogP contribution < -0.4 is 10.1 Å². The Kier molecular flexibility index (Phi) is 4.56. The fourth-order valence-electron chi connectivity index (χ4n) is 3.13. The van der Waals surface area contributed by atoms with E-state index in [2.05, 4.69) is 10.1 Å². The van der Waals surface area contributed by atoms with Crippen molar-refractivity contribution in [3.63, 3.8) is 0 Å². The molecule has 2 aliphatic rings. The van der Waals surface area contributed by atoms with Gasteiger partial charge in [0.15, 0.2) is 0 Å². The number of benzene rings is 1. The molecule has 0 aromatic heterocycles. The molecule has 1 aromatic rings. The van der Waals surface area contributed by atoms with E-state index in [0.717, 1.165) is 0 Å². The molecule has 2 aliphatic heterocycles. The van der Waals surface area contributed by atoms with E-state index in [0.29, 0.717) is 6.42 Å². The van der Waals surface area contributed by atoms with Crippen molar-refractivity contribution >= 4 is 17.7 Å². The molecule has 1 N–H and O–H groups in total. The molecule has 0 saturated carbocycles. The van der Waals surface area contributed by atoms with Crippen molar-refractivity contribution in [1.29, 1.82) is 0 Å². The number of carbonyl (C=O) groups excluding carboxylic acids is 3. The number of amides is 3. The van der Waals surface area contributed by atoms with Crippen molar-refractivity contribution in [1.82, 2.24) is 15.1 Å². The summed E-state index contributed by atoms with van der Waals surface area (Å²) in [5, 5.41) is 2.78. The number of nitrogens with one attached hydrogen (secondary N) is 1. The number of rotatable bonds is 4. The first-order chi connectivity index (χ1) is 11.8. The number of halogens is 2. The second-order valence-electron chi connectivity index (χ2n) is 6.07. The summed E-state index contributed by atoms with van der Waals surface area (Å²) in [6.45, 7) is -2.60. The molecule has 0 unspecified atom stereocenters. The third-order valence-electron chi connectivity index (χ3n) is 4.33. The number of nitrogens with zero attached hydrogens (tertiary/aromatic N) is 2. The van der Waals surface area contributed by atoms with Gasteiger partial charge in [0.25, 0.3) is 5.91 Å². The summed E-state index contributed by atoms with van der Waals surface area (Å²) >= 11 is 0. The average Bonchev–Trinajstić information content (AvgIpc) is 2.97. The van der Waals surface area contributed by atoms with Crippen LogP contribution >= 0.6 is 0 Å². The van der Waals surface area contributed by atoms with E-state index in [9.17, 15) is 23.2 Å². The van der Waals surface area contributed by atoms with Crippen molar-refractivity contribution in [2.45, 2.75) is 25.1 Å². The van der Waals surface area contributed by atoms with Crippen LogP contribution in [0.3, 0.4) is 0 Å². The van der Waals surface area contributed by atoms with E-state index in [1.54, 1.807) is 7.05 Å². The Bertz CT molecular complexity index is 695. The normalized spacial score (nSPS) is 23.0. The predicted octanol–water partition coefficient (Wildman–Crippen LogP) is 0.459. The Balaban J connectivity index is 1.62. The van der Waals surface area contributed by atoms with Crippen molar-refractivity contribution in [3.05, 3.63) is 29.8 Å². The molecule has 0 bridgehead atoms. The summed E-state index contributed by atoms with van der Waals surface area (Å²) in [6, 6.07) is 4.42. The Morgan fingerprint density at radius 1 is 1.28 bits per heavy atom. The summed E-state index contributed by atoms with van der Waals surface area (Å²) in [4.78, 5) is 39.3. The smallest absolute Gasteiger partial charge is 0.387 e. The molecule has 2 heterocycles. The minimum atomic E-state index is -2.93. The number of piperazine rings is 1. The molecule has 7 nitrogen and oxygen atoms in total. The number of alkyl halides is 2. The van der Waals surface area contributed by atoms with Gasteiger partial charge in [-0.3, -0.25) is 14.4 Å². The van der Waals surface area contributed by atoms with E-state index in [-0.39, 0.29) is 42.3 Å². The molecule has 1 aromatic carbocycles. The largest absolute Gasteiger partial charge is 0.435 e. The zero-order chi connectivity index (χ0) is 18.1. The van der Waals surface area contributed by atoms with Gasteiger partial charge in [-0.15, -0.1) is 0 Å². The molecule has 0 radical (unpaired) electrons. The SMILES string of the molecule is CN1CC(=O)N2C[C@@H](NC(=O)c3ccc(OC(F)F)cc3)C[C@H]2C1=O. The lowest BCUT2D eigenvalue weighted by atomic mass is 10.1. The maximum atomic E-state index is 12.3. The number of carbonyl (C=O) groups is 3. The average molecular weight is 353 g/mol. The molecule has 9 heteroatoms. The van der Waals surface area contributed by atoms with Gasteiger partial charge in [-0.2, -0.15) is 8.78 Å². The number of likely N-dealkylation sites (N-methyl/N-ethyl adjacent to an activating group) is 1. The molecule has 3 rings (SSSR count). The van der Waals surface area contributed by atoms with Crippen molar-refractivity contribution in [3.8, 4) is 5.75 Å². The molecule has 0 spiro atoms. The lowest BCUT2D eigenvalue weighted by molar-refractivity contribution is -0.152. The third kappa shape index (κ3) is 3.54. The van der Waals surface area contributed by atoms with Gasteiger partial charge in [0, 0.05) is 25.2 Å². The number of hydrogen-bond acceptors (Lipinski definition) is 4. The monoisotopic (exact) mass is 353 g/mol. The number of hydrogen-bond donors (Lipinski definition) is 1. The molecule has 0 aliphatic carbocycles. The summed E-state index contributed by atoms with van der Waals surface area (Å²) in [6.07, 6.45) is 0.354. The predicted molar refractivity (Wildman–Crippen MR) is 82.1 cm³/mol. The van der Waals surface area contributed by atoms with Crippen LogP contribution in [0.4, 0.5) is 8.78 Å². The molecule has 3 amide bonds. The molecule has 134 valence electrons. The molecule has 2 atom stereocenters. The van der Waals surface area contributed by atoms with Crippen LogP contribution in [0.15, 0.2) is 24.3 Å². The summed E-state index contributed by atoms with van der Waals surface area (Å²) < 4.78 is 28.5. The van der Waals surface area contributed by atoms with Gasteiger partial charge < -0.3 is 19.9 Å². The first-order valence-electron chi connectivity index (χ1n) is 7.75. The van der Waals surface area contributed by atoms with E-state index < -0.39 is 18.6 Å². The van der Waals surface area contributed by atoms with Gasteiger partial charge in [0.05, 0.1) is 6.54 Å². The van der Waals surface area contributed by atoms with Crippen molar-refractivity contribution < 1.29 is 27.9 Å². The maximum absolute atomic E-state index is 12.3. The minimum absolute atomic E-state index is 0.0382. The highest BCUT2D eigenvalue weighted by atomic mass is 19.3. The lowest BCUT2D eigenvalue weighted by Gasteiger charge is -2.33. The van der Waals surface area contributed by atoms with Gasteiger partial charge in [0.2, 0.25) is 11.8 Å². The van der Waals surface area contributed by atoms with Crippen LogP contribution in [0.1, 0.15) is 16.8 Å². The Morgan fingerprint density at radius 3 is 2.60 bits per heavy atom. The second kappa shape index (κ2) is 6.66. The second-order valence-corrected chi connectivity index (χ2v) is 6.07. The Hall–Kier alpha value is -2.71. The van der Waals surface area contributed by atoms with Crippen LogP contribution in [0.25, 0.3) is 0 Å². The number of fused-ring (bicyclic) bond motifs is 1. The maximum Gasteiger partial charge on any atom is 0.387 e. The van der Waals surface area contributed by atoms with Crippen LogP contribution in [-0.2, 0) is 9.59 Å². The molecule has 25 heavy (non-hydrogen) atoms. The summed E-state index contributed by atoms with van der Waals surface area (Å²) in [7, 11) is 1.58. The quantitative estimate of drug-likeness (QED) is 0.853. The molecular weight excluding hydrogens is 336 g/mol. The third-order valence-corrected chi connectivity index (χ3v) is 4.33. The van der Waals surface area contributed by atoms with Crippen LogP contribution in [0, 0.1) is 0 Å². The van der Waals surface area contributed by atoms with E-state index in [1.807, 2.05) is 0 Å². The fourth-order valence-corrected chi connectivity index (χ4v) is 3.13. The standard InChI is InChI=1S/C16H17F2N3O4/c1-20-8-13(22)21-7-10(6-12(21)15(20)24)19-14(23)9-2-4-11(5-3-9)25-16(17)18/h2-5,10,12,16H,6-8H2,1H3,(H,19,23)/t10-,12-/m0/s1. The number of ether oxygens (including phenoxy) is 1. The molecular formula is C16H17F2N3O4. The highest BCUT2D eigenvalue weighted by Crippen LogP contribution is 2.24. The molecule has 2 saturated heterocycles. The zero-order valence-electron chi connectivity index (χ0n) is 13.4. The minimum Gasteiger partial charge on any atom is -0.435 e. The van der Waals surface area contributed by atoms with Gasteiger partial charge in [-0.25, -0.2) is 0 Å². The first kappa shape index (κ1) is 17.1. The van der Waals surface area contributed by atoms with Crippen molar-refractivity contribution in [2.24, 2.45) is 0 Å². The first-order valence-corrected chi connectivity index (χ1v) is 7.75. The van der Waals surface area contributed by atoms with Gasteiger partial charge >= 0.3 is 6.61 Å². The molecule has 2 fully saturated rings. The van der Waals surface area contributed by atoms with Crippen LogP contribution in [0.5, 0.6) is 5.75 Å². The topological polar surface area (TPSA) is 79.0 Å². The highest BCUT2D eigenvalue weighted by Gasteiger charge is 2.44. The van der Waals surface area contributed by atoms with Crippen LogP contribution in [-0.4, -0.2) is 66.4 Å². The van der Waals surface area contributed by atoms with Gasteiger partial charge in [0.1, 0.15) is 11.8 Å². The Labute approximate surface area is 142 Å². The Morgan fingerprint density at radius 2 is 1.96 bits per heavy atom. The highest BCUT2D eigenvalue weighted by molar-refractivity contribution is 5.97. The fraction of sp³-hybridized carbons (Fsp3) is 0.438.